The largest absolute Gasteiger partial charge is 0.294 e. The number of hydrogen-bond acceptors (Lipinski definition) is 2. The number of benzene rings is 1. The summed E-state index contributed by atoms with van der Waals surface area (Å²) >= 11 is 8.79. The molecule has 0 amide bonds. The fourth-order valence-electron chi connectivity index (χ4n) is 0.785. The zero-order valence-electron chi connectivity index (χ0n) is 6.31. The highest BCUT2D eigenvalue weighted by Crippen LogP contribution is 2.27. The van der Waals surface area contributed by atoms with E-state index in [0.717, 1.165) is 5.56 Å². The predicted molar refractivity (Wildman–Crippen MR) is 53.8 cm³/mol. The second kappa shape index (κ2) is 3.96. The Morgan fingerprint density at radius 2 is 1.77 bits per heavy atom. The van der Waals surface area contributed by atoms with E-state index < -0.39 is 10.1 Å². The molecule has 0 bridgehead atoms. The van der Waals surface area contributed by atoms with Gasteiger partial charge in [-0.05, 0) is 17.7 Å². The van der Waals surface area contributed by atoms with Crippen LogP contribution in [0.1, 0.15) is 9.85 Å². The van der Waals surface area contributed by atoms with E-state index in [0.29, 0.717) is 0 Å². The van der Waals surface area contributed by atoms with Gasteiger partial charge in [0.2, 0.25) is 0 Å². The van der Waals surface area contributed by atoms with Gasteiger partial charge in [0.1, 0.15) is 4.29 Å². The maximum absolute atomic E-state index is 10.6. The molecule has 0 heterocycles. The molecule has 1 atom stereocenters. The third-order valence-electron chi connectivity index (χ3n) is 1.43. The van der Waals surface area contributed by atoms with Gasteiger partial charge in [-0.15, -0.1) is 11.6 Å². The Bertz CT molecular complexity index is 385. The molecule has 1 rings (SSSR count). The lowest BCUT2D eigenvalue weighted by atomic mass is 10.2. The number of hydrogen-bond donors (Lipinski definition) is 1. The fraction of sp³-hybridized carbons (Fsp3) is 0.143. The third kappa shape index (κ3) is 2.95. The van der Waals surface area contributed by atoms with Gasteiger partial charge in [-0.25, -0.2) is 0 Å². The normalized spacial score (nSPS) is 14.1. The molecule has 3 nitrogen and oxygen atoms in total. The van der Waals surface area contributed by atoms with Gasteiger partial charge < -0.3 is 0 Å². The molecule has 1 unspecified atom stereocenters. The minimum atomic E-state index is -4.10. The van der Waals surface area contributed by atoms with Gasteiger partial charge >= 0.3 is 0 Å². The summed E-state index contributed by atoms with van der Waals surface area (Å²) in [5.41, 5.74) is 0.731. The van der Waals surface area contributed by atoms with Gasteiger partial charge in [0.25, 0.3) is 10.1 Å². The van der Waals surface area contributed by atoms with Gasteiger partial charge in [-0.1, -0.05) is 28.1 Å². The summed E-state index contributed by atoms with van der Waals surface area (Å²) in [4.78, 5) is -0.138. The fourth-order valence-corrected chi connectivity index (χ4v) is 1.72. The zero-order valence-corrected chi connectivity index (χ0v) is 9.47. The number of halogens is 2. The molecule has 0 radical (unpaired) electrons. The number of rotatable bonds is 2. The van der Waals surface area contributed by atoms with E-state index in [2.05, 4.69) is 15.9 Å². The van der Waals surface area contributed by atoms with Crippen LogP contribution in [0.5, 0.6) is 0 Å². The van der Waals surface area contributed by atoms with Crippen molar-refractivity contribution in [3.63, 3.8) is 0 Å². The van der Waals surface area contributed by atoms with Crippen LogP contribution in [0, 0.1) is 0 Å². The van der Waals surface area contributed by atoms with Crippen LogP contribution in [0.4, 0.5) is 0 Å². The van der Waals surface area contributed by atoms with Crippen molar-refractivity contribution in [2.75, 3.05) is 0 Å². The van der Waals surface area contributed by atoms with Crippen molar-refractivity contribution < 1.29 is 13.0 Å². The SMILES string of the molecule is O=S(=O)(O)c1ccc(C(Cl)Br)cc1. The summed E-state index contributed by atoms with van der Waals surface area (Å²) < 4.78 is 29.5. The van der Waals surface area contributed by atoms with Crippen molar-refractivity contribution in [3.05, 3.63) is 29.8 Å². The second-order valence-electron chi connectivity index (χ2n) is 2.34. The highest BCUT2D eigenvalue weighted by molar-refractivity contribution is 9.09. The van der Waals surface area contributed by atoms with Crippen LogP contribution in [0.15, 0.2) is 29.2 Å². The Balaban J connectivity index is 3.08. The molecule has 0 aromatic heterocycles. The monoisotopic (exact) mass is 284 g/mol. The first kappa shape index (κ1) is 11.0. The van der Waals surface area contributed by atoms with E-state index in [1.165, 1.54) is 24.3 Å². The molecule has 6 heteroatoms. The Morgan fingerprint density at radius 3 is 2.08 bits per heavy atom. The average molecular weight is 286 g/mol. The molecule has 0 aliphatic carbocycles. The molecule has 0 aliphatic rings. The Kier molecular flexibility index (Phi) is 3.34. The first-order valence-electron chi connectivity index (χ1n) is 3.27. The summed E-state index contributed by atoms with van der Waals surface area (Å²) in [6.07, 6.45) is 0. The highest BCUT2D eigenvalue weighted by Gasteiger charge is 2.09. The minimum Gasteiger partial charge on any atom is -0.282 e. The smallest absolute Gasteiger partial charge is 0.282 e. The highest BCUT2D eigenvalue weighted by atomic mass is 79.9. The van der Waals surface area contributed by atoms with Gasteiger partial charge in [-0.3, -0.25) is 4.55 Å². The quantitative estimate of drug-likeness (QED) is 0.671. The molecule has 1 N–H and O–H groups in total. The molecule has 0 saturated heterocycles. The van der Waals surface area contributed by atoms with Crippen molar-refractivity contribution in [1.82, 2.24) is 0 Å². The Hall–Kier alpha value is -0.100. The van der Waals surface area contributed by atoms with Crippen molar-refractivity contribution in [2.45, 2.75) is 9.18 Å². The molecule has 13 heavy (non-hydrogen) atoms. The summed E-state index contributed by atoms with van der Waals surface area (Å²) in [5.74, 6) is 0. The molecular weight excluding hydrogens is 279 g/mol. The van der Waals surface area contributed by atoms with E-state index in [-0.39, 0.29) is 9.18 Å². The van der Waals surface area contributed by atoms with Crippen LogP contribution < -0.4 is 0 Å². The summed E-state index contributed by atoms with van der Waals surface area (Å²) in [5, 5.41) is 0. The Morgan fingerprint density at radius 1 is 1.31 bits per heavy atom. The zero-order chi connectivity index (χ0) is 10.1. The molecule has 0 fully saturated rings. The molecular formula is C7H6BrClO3S. The molecule has 1 aromatic carbocycles. The third-order valence-corrected chi connectivity index (χ3v) is 3.08. The standard InChI is InChI=1S/C7H6BrClO3S/c8-7(9)5-1-3-6(4-2-5)13(10,11)12/h1-4,7H,(H,10,11,12). The summed E-state index contributed by atoms with van der Waals surface area (Å²) in [6.45, 7) is 0. The summed E-state index contributed by atoms with van der Waals surface area (Å²) in [6, 6.07) is 5.63. The van der Waals surface area contributed by atoms with Gasteiger partial charge in [0, 0.05) is 0 Å². The van der Waals surface area contributed by atoms with Crippen molar-refractivity contribution >= 4 is 37.6 Å². The summed E-state index contributed by atoms with van der Waals surface area (Å²) in [7, 11) is -4.10. The van der Waals surface area contributed by atoms with Gasteiger partial charge in [0.05, 0.1) is 4.90 Å². The number of alkyl halides is 2. The van der Waals surface area contributed by atoms with E-state index in [4.69, 9.17) is 16.2 Å². The van der Waals surface area contributed by atoms with Crippen molar-refractivity contribution in [2.24, 2.45) is 0 Å². The minimum absolute atomic E-state index is 0.138. The average Bonchev–Trinajstić information content (AvgIpc) is 2.03. The first-order valence-corrected chi connectivity index (χ1v) is 6.06. The molecule has 0 aliphatic heterocycles. The van der Waals surface area contributed by atoms with E-state index in [1.807, 2.05) is 0 Å². The van der Waals surface area contributed by atoms with Crippen LogP contribution in [-0.4, -0.2) is 13.0 Å². The van der Waals surface area contributed by atoms with Gasteiger partial charge in [-0.2, -0.15) is 8.42 Å². The van der Waals surface area contributed by atoms with E-state index >= 15 is 0 Å². The van der Waals surface area contributed by atoms with Crippen LogP contribution in [0.2, 0.25) is 0 Å². The van der Waals surface area contributed by atoms with Crippen molar-refractivity contribution in [1.29, 1.82) is 0 Å². The van der Waals surface area contributed by atoms with Crippen LogP contribution in [0.3, 0.4) is 0 Å². The topological polar surface area (TPSA) is 54.4 Å². The van der Waals surface area contributed by atoms with Crippen LogP contribution in [0.25, 0.3) is 0 Å². The maximum Gasteiger partial charge on any atom is 0.294 e. The van der Waals surface area contributed by atoms with Crippen molar-refractivity contribution in [3.8, 4) is 0 Å². The molecule has 0 saturated carbocycles. The van der Waals surface area contributed by atoms with E-state index in [9.17, 15) is 8.42 Å². The lowest BCUT2D eigenvalue weighted by Crippen LogP contribution is -1.97. The lowest BCUT2D eigenvalue weighted by Gasteiger charge is -2.01. The van der Waals surface area contributed by atoms with Crippen LogP contribution >= 0.6 is 27.5 Å². The second-order valence-corrected chi connectivity index (χ2v) is 5.65. The first-order chi connectivity index (χ1) is 5.91. The maximum atomic E-state index is 10.6. The van der Waals surface area contributed by atoms with Gasteiger partial charge in [0.15, 0.2) is 0 Å². The lowest BCUT2D eigenvalue weighted by molar-refractivity contribution is 0.483. The van der Waals surface area contributed by atoms with E-state index in [1.54, 1.807) is 0 Å². The Labute approximate surface area is 89.6 Å². The molecule has 1 aromatic rings. The van der Waals surface area contributed by atoms with Crippen LogP contribution in [-0.2, 0) is 10.1 Å². The molecule has 0 spiro atoms. The molecule has 72 valence electrons. The predicted octanol–water partition coefficient (Wildman–Crippen LogP) is 2.57.